The first kappa shape index (κ1) is 31.2. The van der Waals surface area contributed by atoms with E-state index in [2.05, 4.69) is 15.0 Å². The maximum atomic E-state index is 12.6. The Hall–Kier alpha value is -5.10. The van der Waals surface area contributed by atoms with Gasteiger partial charge in [0.15, 0.2) is 23.3 Å². The molecule has 0 aliphatic carbocycles. The maximum absolute atomic E-state index is 12.6. The molecule has 49 heavy (non-hydrogen) atoms. The summed E-state index contributed by atoms with van der Waals surface area (Å²) in [6.07, 6.45) is 0. The molecule has 245 valence electrons. The molecule has 2 aliphatic rings. The summed E-state index contributed by atoms with van der Waals surface area (Å²) in [5, 5.41) is 1.78. The van der Waals surface area contributed by atoms with Gasteiger partial charge in [0.05, 0.1) is 4.90 Å². The van der Waals surface area contributed by atoms with Crippen LogP contribution in [-0.4, -0.2) is 66.5 Å². The largest absolute Gasteiger partial charge is 2.00 e. The summed E-state index contributed by atoms with van der Waals surface area (Å²) >= 11 is 0. The summed E-state index contributed by atoms with van der Waals surface area (Å²) in [5.41, 5.74) is 2.78. The number of aromatic amines is 2. The molecular formula is C32H20CuN8O6S2+2. The van der Waals surface area contributed by atoms with Crippen LogP contribution in [0.5, 0.6) is 0 Å². The predicted molar refractivity (Wildman–Crippen MR) is 180 cm³/mol. The molecule has 1 radical (unpaired) electrons. The molecule has 0 unspecified atom stereocenters. The van der Waals surface area contributed by atoms with Gasteiger partial charge in [0.25, 0.3) is 10.1 Å². The van der Waals surface area contributed by atoms with Gasteiger partial charge in [-0.2, -0.15) is 8.42 Å². The van der Waals surface area contributed by atoms with Gasteiger partial charge in [0.1, 0.15) is 38.4 Å². The van der Waals surface area contributed by atoms with Crippen LogP contribution in [0.15, 0.2) is 94.7 Å². The van der Waals surface area contributed by atoms with Crippen LogP contribution in [0.3, 0.4) is 0 Å². The summed E-state index contributed by atoms with van der Waals surface area (Å²) in [6, 6.07) is 23.6. The van der Waals surface area contributed by atoms with Gasteiger partial charge >= 0.3 is 17.1 Å². The van der Waals surface area contributed by atoms with E-state index < -0.39 is 25.9 Å². The van der Waals surface area contributed by atoms with Crippen molar-refractivity contribution in [1.29, 1.82) is 0 Å². The van der Waals surface area contributed by atoms with Crippen molar-refractivity contribution in [1.82, 2.24) is 39.9 Å². The SMILES string of the molecule is O=S(=O)(O)c1cccc2c3nc4nc(nc5[nH]c(nc6nc(nc([nH]3)c12)-c1cccc(S(O)(O)O)c1-6)c1ccccc51)-c1ccccc1-4.[Cu+2]. The standard InChI is InChI=1S/C32H20N8O6S2.Cu/c41-47(42,43)21-13-5-11-19-23(21)32-38-29(19)36-27-16-8-2-1-7-15(16)25(34-27)33-26-17-9-3-4-10-18(17)28(35-26)37-31-24-20(30(39-31)40-32)12-6-14-22(24)48(44,45)46;/h1-14,44-46H,(H,41,42,43)(H2,33,34,35,36,37,38,39,40);/q;+2. The predicted octanol–water partition coefficient (Wildman–Crippen LogP) is 6.70. The van der Waals surface area contributed by atoms with Crippen molar-refractivity contribution in [2.75, 3.05) is 0 Å². The first-order valence-electron chi connectivity index (χ1n) is 14.3. The van der Waals surface area contributed by atoms with E-state index in [9.17, 15) is 26.6 Å². The molecule has 0 amide bonds. The third-order valence-electron chi connectivity index (χ3n) is 8.20. The van der Waals surface area contributed by atoms with Crippen LogP contribution < -0.4 is 0 Å². The van der Waals surface area contributed by atoms with Gasteiger partial charge in [-0.05, 0) is 12.1 Å². The zero-order valence-corrected chi connectivity index (χ0v) is 27.1. The normalized spacial score (nSPS) is 12.8. The fourth-order valence-corrected chi connectivity index (χ4v) is 7.62. The van der Waals surface area contributed by atoms with E-state index >= 15 is 0 Å². The second kappa shape index (κ2) is 11.0. The molecular weight excluding hydrogens is 720 g/mol. The van der Waals surface area contributed by atoms with E-state index in [1.807, 2.05) is 48.5 Å². The number of H-pyrrole nitrogens is 2. The van der Waals surface area contributed by atoms with Crippen molar-refractivity contribution in [2.24, 2.45) is 0 Å². The Labute approximate surface area is 287 Å². The van der Waals surface area contributed by atoms with E-state index in [4.69, 9.17) is 24.9 Å². The van der Waals surface area contributed by atoms with Gasteiger partial charge in [-0.3, -0.25) is 4.55 Å². The number of aromatic nitrogens is 8. The summed E-state index contributed by atoms with van der Waals surface area (Å²) in [6.45, 7) is 0. The molecule has 0 spiro atoms. The number of fused-ring (bicyclic) bond motifs is 20. The molecule has 0 fully saturated rings. The van der Waals surface area contributed by atoms with Gasteiger partial charge in [0.2, 0.25) is 0 Å². The van der Waals surface area contributed by atoms with Crippen LogP contribution in [0.4, 0.5) is 0 Å². The van der Waals surface area contributed by atoms with Gasteiger partial charge in [-0.15, -0.1) is 0 Å². The fourth-order valence-electron chi connectivity index (χ4n) is 6.17. The van der Waals surface area contributed by atoms with Crippen molar-refractivity contribution >= 4 is 65.1 Å². The van der Waals surface area contributed by atoms with E-state index in [1.54, 1.807) is 12.1 Å². The van der Waals surface area contributed by atoms with E-state index in [0.29, 0.717) is 44.8 Å². The van der Waals surface area contributed by atoms with Gasteiger partial charge in [-0.1, -0.05) is 72.8 Å². The number of nitrogens with zero attached hydrogens (tertiary/aromatic N) is 6. The molecule has 14 nitrogen and oxygen atoms in total. The molecule has 8 bridgehead atoms. The molecule has 2 aliphatic heterocycles. The average Bonchev–Trinajstić information content (AvgIpc) is 3.79. The molecule has 3 aromatic heterocycles. The minimum Gasteiger partial charge on any atom is -0.324 e. The van der Waals surface area contributed by atoms with Crippen LogP contribution >= 0.6 is 10.9 Å². The number of hydrogen-bond donors (Lipinski definition) is 6. The van der Waals surface area contributed by atoms with Crippen molar-refractivity contribution in [3.8, 4) is 45.6 Å². The van der Waals surface area contributed by atoms with Crippen molar-refractivity contribution in [3.63, 3.8) is 0 Å². The Morgan fingerprint density at radius 1 is 0.469 bits per heavy atom. The molecule has 5 heterocycles. The third-order valence-corrected chi connectivity index (χ3v) is 10.0. The zero-order valence-electron chi connectivity index (χ0n) is 24.5. The molecule has 4 aromatic carbocycles. The van der Waals surface area contributed by atoms with Crippen LogP contribution in [-0.2, 0) is 27.2 Å². The van der Waals surface area contributed by atoms with Crippen LogP contribution in [0.25, 0.3) is 89.7 Å². The number of benzene rings is 4. The monoisotopic (exact) mass is 739 g/mol. The van der Waals surface area contributed by atoms with E-state index in [-0.39, 0.29) is 61.4 Å². The van der Waals surface area contributed by atoms with Crippen molar-refractivity contribution in [3.05, 3.63) is 84.9 Å². The third kappa shape index (κ3) is 4.91. The molecule has 6 N–H and O–H groups in total. The van der Waals surface area contributed by atoms with E-state index in [0.717, 1.165) is 5.39 Å². The number of nitrogens with one attached hydrogen (secondary N) is 2. The van der Waals surface area contributed by atoms with Crippen molar-refractivity contribution < 1.29 is 43.7 Å². The number of rotatable bonds is 2. The second-order valence-electron chi connectivity index (χ2n) is 11.1. The Bertz CT molecular complexity index is 2840. The minimum atomic E-state index is -4.74. The molecule has 0 atom stereocenters. The summed E-state index contributed by atoms with van der Waals surface area (Å²) in [4.78, 5) is 34.3. The van der Waals surface area contributed by atoms with Crippen molar-refractivity contribution in [2.45, 2.75) is 9.79 Å². The van der Waals surface area contributed by atoms with Crippen LogP contribution in [0.2, 0.25) is 0 Å². The smallest absolute Gasteiger partial charge is 0.324 e. The Balaban J connectivity index is 0.00000348. The van der Waals surface area contributed by atoms with Gasteiger partial charge < -0.3 is 23.6 Å². The first-order valence-corrected chi connectivity index (χ1v) is 17.2. The van der Waals surface area contributed by atoms with E-state index in [1.165, 1.54) is 24.3 Å². The van der Waals surface area contributed by atoms with Crippen LogP contribution in [0, 0.1) is 0 Å². The first-order chi connectivity index (χ1) is 23.0. The fraction of sp³-hybridized carbons (Fsp3) is 0. The summed E-state index contributed by atoms with van der Waals surface area (Å²) in [5.74, 6) is 0.682. The molecule has 0 saturated heterocycles. The van der Waals surface area contributed by atoms with Crippen LogP contribution in [0.1, 0.15) is 0 Å². The molecule has 17 heteroatoms. The maximum Gasteiger partial charge on any atom is 2.00 e. The molecule has 9 rings (SSSR count). The summed E-state index contributed by atoms with van der Waals surface area (Å²) in [7, 11) is -9.00. The Morgan fingerprint density at radius 3 is 1.55 bits per heavy atom. The quantitative estimate of drug-likeness (QED) is 0.0805. The van der Waals surface area contributed by atoms with Gasteiger partial charge in [-0.25, -0.2) is 29.9 Å². The number of hydrogen-bond acceptors (Lipinski definition) is 11. The Kier molecular flexibility index (Phi) is 6.97. The zero-order chi connectivity index (χ0) is 32.9. The second-order valence-corrected chi connectivity index (χ2v) is 13.9. The summed E-state index contributed by atoms with van der Waals surface area (Å²) < 4.78 is 66.6. The van der Waals surface area contributed by atoms with Gasteiger partial charge in [0, 0.05) is 43.8 Å². The molecule has 0 saturated carbocycles. The topological polar surface area (TPSA) is 224 Å². The Morgan fingerprint density at radius 2 is 0.918 bits per heavy atom. The molecule has 7 aromatic rings. The average molecular weight is 740 g/mol. The minimum absolute atomic E-state index is 0.